The van der Waals surface area contributed by atoms with E-state index in [4.69, 9.17) is 0 Å². The van der Waals surface area contributed by atoms with Gasteiger partial charge in [-0.1, -0.05) is 0 Å². The summed E-state index contributed by atoms with van der Waals surface area (Å²) in [6.07, 6.45) is 3.86. The highest BCUT2D eigenvalue weighted by atomic mass is 16.1. The van der Waals surface area contributed by atoms with E-state index in [1.165, 1.54) is 6.42 Å². The van der Waals surface area contributed by atoms with Crippen LogP contribution in [-0.4, -0.2) is 29.8 Å². The molecule has 12 heavy (non-hydrogen) atoms. The van der Waals surface area contributed by atoms with Crippen LogP contribution in [0.15, 0.2) is 0 Å². The van der Waals surface area contributed by atoms with E-state index in [1.807, 2.05) is 0 Å². The second kappa shape index (κ2) is 4.04. The molecule has 1 aliphatic rings. The molecular weight excluding hydrogens is 150 g/mol. The van der Waals surface area contributed by atoms with Crippen LogP contribution in [0.2, 0.25) is 0 Å². The Balaban J connectivity index is 2.45. The van der Waals surface area contributed by atoms with Crippen molar-refractivity contribution in [1.29, 1.82) is 0 Å². The van der Waals surface area contributed by atoms with Crippen LogP contribution in [0.5, 0.6) is 0 Å². The number of hydrogen-bond donors (Lipinski definition) is 0. The van der Waals surface area contributed by atoms with Crippen molar-refractivity contribution in [2.45, 2.75) is 51.6 Å². The molecule has 2 nitrogen and oxygen atoms in total. The van der Waals surface area contributed by atoms with Crippen molar-refractivity contribution in [1.82, 2.24) is 4.90 Å². The summed E-state index contributed by atoms with van der Waals surface area (Å²) in [7, 11) is 2.12. The fourth-order valence-electron chi connectivity index (χ4n) is 1.77. The molecule has 1 aliphatic carbocycles. The third kappa shape index (κ3) is 2.31. The highest BCUT2D eigenvalue weighted by molar-refractivity contribution is 5.79. The first-order valence-electron chi connectivity index (χ1n) is 4.85. The van der Waals surface area contributed by atoms with Gasteiger partial charge in [-0.15, -0.1) is 0 Å². The molecule has 0 aliphatic heterocycles. The minimum atomic E-state index is 0.443. The number of hydrogen-bond acceptors (Lipinski definition) is 2. The fourth-order valence-corrected chi connectivity index (χ4v) is 1.77. The topological polar surface area (TPSA) is 20.3 Å². The van der Waals surface area contributed by atoms with Crippen LogP contribution >= 0.6 is 0 Å². The van der Waals surface area contributed by atoms with Gasteiger partial charge in [-0.3, -0.25) is 4.79 Å². The number of carbonyl (C=O) groups is 1. The number of nitrogens with zero attached hydrogens (tertiary/aromatic N) is 1. The maximum atomic E-state index is 11.2. The van der Waals surface area contributed by atoms with Crippen LogP contribution in [0.1, 0.15) is 39.5 Å². The van der Waals surface area contributed by atoms with Gasteiger partial charge in [-0.25, -0.2) is 0 Å². The predicted molar refractivity (Wildman–Crippen MR) is 50.2 cm³/mol. The smallest absolute Gasteiger partial charge is 0.134 e. The van der Waals surface area contributed by atoms with E-state index in [0.717, 1.165) is 19.3 Å². The summed E-state index contributed by atoms with van der Waals surface area (Å²) in [6.45, 7) is 4.36. The molecule has 0 saturated heterocycles. The maximum absolute atomic E-state index is 11.2. The van der Waals surface area contributed by atoms with E-state index < -0.39 is 0 Å². The van der Waals surface area contributed by atoms with Gasteiger partial charge in [-0.2, -0.15) is 0 Å². The van der Waals surface area contributed by atoms with Crippen molar-refractivity contribution in [3.63, 3.8) is 0 Å². The van der Waals surface area contributed by atoms with Gasteiger partial charge in [0.05, 0.1) is 0 Å². The Morgan fingerprint density at radius 3 is 2.67 bits per heavy atom. The zero-order valence-electron chi connectivity index (χ0n) is 8.34. The lowest BCUT2D eigenvalue weighted by Crippen LogP contribution is -2.40. The zero-order valence-corrected chi connectivity index (χ0v) is 8.34. The van der Waals surface area contributed by atoms with Gasteiger partial charge in [0, 0.05) is 24.9 Å². The van der Waals surface area contributed by atoms with Crippen molar-refractivity contribution >= 4 is 5.78 Å². The van der Waals surface area contributed by atoms with Crippen molar-refractivity contribution < 1.29 is 4.79 Å². The van der Waals surface area contributed by atoms with Gasteiger partial charge in [0.1, 0.15) is 5.78 Å². The Hall–Kier alpha value is -0.370. The molecule has 0 spiro atoms. The van der Waals surface area contributed by atoms with Crippen LogP contribution in [-0.2, 0) is 4.79 Å². The normalized spacial score (nSPS) is 25.4. The maximum Gasteiger partial charge on any atom is 0.134 e. The molecule has 0 amide bonds. The molecule has 0 aromatic rings. The molecule has 0 aromatic carbocycles. The Kier molecular flexibility index (Phi) is 3.27. The number of rotatable bonds is 2. The van der Waals surface area contributed by atoms with Gasteiger partial charge >= 0.3 is 0 Å². The monoisotopic (exact) mass is 169 g/mol. The van der Waals surface area contributed by atoms with Crippen molar-refractivity contribution in [2.75, 3.05) is 7.05 Å². The molecular formula is C10H19NO. The summed E-state index contributed by atoms with van der Waals surface area (Å²) in [5.74, 6) is 0.443. The molecule has 0 bridgehead atoms. The van der Waals surface area contributed by atoms with Gasteiger partial charge < -0.3 is 4.90 Å². The largest absolute Gasteiger partial charge is 0.301 e. The summed E-state index contributed by atoms with van der Waals surface area (Å²) in [5.41, 5.74) is 0. The lowest BCUT2D eigenvalue weighted by atomic mass is 9.93. The van der Waals surface area contributed by atoms with E-state index in [0.29, 0.717) is 17.9 Å². The van der Waals surface area contributed by atoms with Gasteiger partial charge in [0.15, 0.2) is 0 Å². The number of Topliss-reactive ketones (excluding diaryl/α,β-unsaturated/α-hetero) is 1. The van der Waals surface area contributed by atoms with E-state index in [9.17, 15) is 4.79 Å². The molecule has 1 saturated carbocycles. The number of ketones is 1. The average Bonchev–Trinajstić information content (AvgIpc) is 2.03. The van der Waals surface area contributed by atoms with Crippen molar-refractivity contribution in [3.05, 3.63) is 0 Å². The Morgan fingerprint density at radius 1 is 1.50 bits per heavy atom. The molecule has 1 rings (SSSR count). The Labute approximate surface area is 74.9 Å². The first-order chi connectivity index (χ1) is 5.61. The fraction of sp³-hybridized carbons (Fsp3) is 0.900. The lowest BCUT2D eigenvalue weighted by Gasteiger charge is -2.33. The van der Waals surface area contributed by atoms with Gasteiger partial charge in [-0.05, 0) is 33.7 Å². The molecule has 70 valence electrons. The summed E-state index contributed by atoms with van der Waals surface area (Å²) in [6, 6.07) is 1.06. The van der Waals surface area contributed by atoms with E-state index in [-0.39, 0.29) is 0 Å². The minimum absolute atomic E-state index is 0.443. The molecule has 0 radical (unpaired) electrons. The quantitative estimate of drug-likeness (QED) is 0.628. The van der Waals surface area contributed by atoms with Crippen LogP contribution in [0.3, 0.4) is 0 Å². The molecule has 2 heteroatoms. The summed E-state index contributed by atoms with van der Waals surface area (Å²) in [4.78, 5) is 13.5. The lowest BCUT2D eigenvalue weighted by molar-refractivity contribution is -0.122. The second-order valence-corrected chi connectivity index (χ2v) is 4.05. The first kappa shape index (κ1) is 9.72. The SMILES string of the molecule is CC(C)N(C)C1CCCC(=O)C1. The standard InChI is InChI=1S/C10H19NO/c1-8(2)11(3)9-5-4-6-10(12)7-9/h8-9H,4-7H2,1-3H3. The average molecular weight is 169 g/mol. The Bertz CT molecular complexity index is 165. The highest BCUT2D eigenvalue weighted by Gasteiger charge is 2.23. The molecule has 1 unspecified atom stereocenters. The second-order valence-electron chi connectivity index (χ2n) is 4.05. The molecule has 0 N–H and O–H groups in total. The molecule has 1 atom stereocenters. The summed E-state index contributed by atoms with van der Waals surface area (Å²) >= 11 is 0. The molecule has 0 aromatic heterocycles. The summed E-state index contributed by atoms with van der Waals surface area (Å²) in [5, 5.41) is 0. The van der Waals surface area contributed by atoms with Crippen molar-refractivity contribution in [3.8, 4) is 0 Å². The summed E-state index contributed by atoms with van der Waals surface area (Å²) < 4.78 is 0. The van der Waals surface area contributed by atoms with Crippen LogP contribution < -0.4 is 0 Å². The highest BCUT2D eigenvalue weighted by Crippen LogP contribution is 2.20. The van der Waals surface area contributed by atoms with E-state index >= 15 is 0 Å². The number of carbonyl (C=O) groups excluding carboxylic acids is 1. The predicted octanol–water partition coefficient (Wildman–Crippen LogP) is 1.84. The Morgan fingerprint density at radius 2 is 2.17 bits per heavy atom. The molecule has 0 heterocycles. The zero-order chi connectivity index (χ0) is 9.14. The van der Waals surface area contributed by atoms with Crippen LogP contribution in [0, 0.1) is 0 Å². The van der Waals surface area contributed by atoms with Gasteiger partial charge in [0.25, 0.3) is 0 Å². The minimum Gasteiger partial charge on any atom is -0.301 e. The first-order valence-corrected chi connectivity index (χ1v) is 4.85. The van der Waals surface area contributed by atoms with Crippen LogP contribution in [0.25, 0.3) is 0 Å². The van der Waals surface area contributed by atoms with E-state index in [2.05, 4.69) is 25.8 Å². The van der Waals surface area contributed by atoms with Crippen LogP contribution in [0.4, 0.5) is 0 Å². The third-order valence-electron chi connectivity index (χ3n) is 2.85. The van der Waals surface area contributed by atoms with Crippen molar-refractivity contribution in [2.24, 2.45) is 0 Å². The van der Waals surface area contributed by atoms with Gasteiger partial charge in [0.2, 0.25) is 0 Å². The van der Waals surface area contributed by atoms with E-state index in [1.54, 1.807) is 0 Å². The molecule has 1 fully saturated rings. The third-order valence-corrected chi connectivity index (χ3v) is 2.85.